The fraction of sp³-hybridized carbons (Fsp3) is 0.321. The highest BCUT2D eigenvalue weighted by molar-refractivity contribution is 5.66. The first-order valence-electron chi connectivity index (χ1n) is 11.7. The van der Waals surface area contributed by atoms with Crippen molar-refractivity contribution in [2.45, 2.75) is 46.7 Å². The minimum Gasteiger partial charge on any atom is -0.296 e. The standard InChI is InChI=1S/C28H30F2N4O/c1-6-7-25(18(3)19(4)28-31-10-8-26(35)33(28)5)34-11-9-24-21(16-34)14-20(15-32-24)22-12-17(2)13-23(29)27(22)30/h6-8,10,12-15,25H,9,11,16H2,1-5H3/b7-6-,19-18-. The number of aryl methyl sites for hydroxylation is 1. The van der Waals surface area contributed by atoms with E-state index >= 15 is 0 Å². The Morgan fingerprint density at radius 3 is 2.69 bits per heavy atom. The normalized spacial score (nSPS) is 15.7. The SMILES string of the molecule is C/C=C\C(/C(C)=C(/C)c1nccc(=O)n1C)N1CCc2ncc(-c3cc(C)cc(F)c3F)cc2C1. The highest BCUT2D eigenvalue weighted by atomic mass is 19.2. The van der Waals surface area contributed by atoms with Crippen molar-refractivity contribution in [3.05, 3.63) is 99.0 Å². The maximum absolute atomic E-state index is 14.6. The zero-order chi connectivity index (χ0) is 25.3. The van der Waals surface area contributed by atoms with Crippen LogP contribution in [0.25, 0.3) is 16.7 Å². The van der Waals surface area contributed by atoms with Gasteiger partial charge in [0.1, 0.15) is 5.82 Å². The van der Waals surface area contributed by atoms with Crippen molar-refractivity contribution < 1.29 is 8.78 Å². The summed E-state index contributed by atoms with van der Waals surface area (Å²) >= 11 is 0. The molecular weight excluding hydrogens is 446 g/mol. The Balaban J connectivity index is 1.70. The van der Waals surface area contributed by atoms with Crippen molar-refractivity contribution in [3.63, 3.8) is 0 Å². The molecule has 3 heterocycles. The third kappa shape index (κ3) is 4.86. The van der Waals surface area contributed by atoms with E-state index in [9.17, 15) is 13.6 Å². The van der Waals surface area contributed by atoms with Crippen molar-refractivity contribution in [2.24, 2.45) is 7.05 Å². The van der Waals surface area contributed by atoms with Crippen molar-refractivity contribution >= 4 is 5.57 Å². The molecule has 0 aliphatic carbocycles. The molecule has 2 aromatic heterocycles. The van der Waals surface area contributed by atoms with E-state index in [1.807, 2.05) is 26.0 Å². The number of rotatable bonds is 5. The van der Waals surface area contributed by atoms with Crippen LogP contribution < -0.4 is 5.56 Å². The van der Waals surface area contributed by atoms with E-state index < -0.39 is 11.6 Å². The average Bonchev–Trinajstić information content (AvgIpc) is 2.85. The number of fused-ring (bicyclic) bond motifs is 1. The van der Waals surface area contributed by atoms with E-state index in [2.05, 4.69) is 27.9 Å². The number of allylic oxidation sites excluding steroid dienone is 2. The molecule has 0 spiro atoms. The Morgan fingerprint density at radius 2 is 1.94 bits per heavy atom. The van der Waals surface area contributed by atoms with Crippen molar-refractivity contribution in [2.75, 3.05) is 6.54 Å². The zero-order valence-electron chi connectivity index (χ0n) is 20.8. The van der Waals surface area contributed by atoms with E-state index in [0.717, 1.165) is 35.4 Å². The van der Waals surface area contributed by atoms with Crippen LogP contribution in [-0.4, -0.2) is 32.0 Å². The van der Waals surface area contributed by atoms with Gasteiger partial charge in [-0.1, -0.05) is 12.2 Å². The van der Waals surface area contributed by atoms with Gasteiger partial charge in [0.15, 0.2) is 11.6 Å². The third-order valence-corrected chi connectivity index (χ3v) is 6.75. The van der Waals surface area contributed by atoms with Crippen molar-refractivity contribution in [1.82, 2.24) is 19.4 Å². The molecule has 0 amide bonds. The fourth-order valence-electron chi connectivity index (χ4n) is 4.71. The highest BCUT2D eigenvalue weighted by Crippen LogP contribution is 2.31. The molecule has 1 atom stereocenters. The molecule has 0 bridgehead atoms. The number of aromatic nitrogens is 3. The molecule has 1 unspecified atom stereocenters. The topological polar surface area (TPSA) is 51.0 Å². The van der Waals surface area contributed by atoms with Gasteiger partial charge >= 0.3 is 0 Å². The lowest BCUT2D eigenvalue weighted by molar-refractivity contribution is 0.230. The van der Waals surface area contributed by atoms with Crippen LogP contribution in [0.1, 0.15) is 43.4 Å². The Kier molecular flexibility index (Phi) is 7.08. The summed E-state index contributed by atoms with van der Waals surface area (Å²) in [6, 6.07) is 6.21. The van der Waals surface area contributed by atoms with Crippen LogP contribution in [0.3, 0.4) is 0 Å². The summed E-state index contributed by atoms with van der Waals surface area (Å²) in [7, 11) is 1.73. The Labute approximate surface area is 204 Å². The lowest BCUT2D eigenvalue weighted by atomic mass is 9.95. The molecule has 5 nitrogen and oxygen atoms in total. The molecule has 1 aliphatic heterocycles. The van der Waals surface area contributed by atoms with Crippen LogP contribution in [0.2, 0.25) is 0 Å². The van der Waals surface area contributed by atoms with Crippen LogP contribution in [-0.2, 0) is 20.0 Å². The first-order valence-corrected chi connectivity index (χ1v) is 11.7. The minimum atomic E-state index is -0.854. The molecule has 35 heavy (non-hydrogen) atoms. The molecule has 0 N–H and O–H groups in total. The van der Waals surface area contributed by atoms with Gasteiger partial charge in [-0.2, -0.15) is 0 Å². The van der Waals surface area contributed by atoms with Crippen molar-refractivity contribution in [3.8, 4) is 11.1 Å². The van der Waals surface area contributed by atoms with Gasteiger partial charge in [0.2, 0.25) is 0 Å². The van der Waals surface area contributed by atoms with Crippen LogP contribution in [0, 0.1) is 18.6 Å². The largest absolute Gasteiger partial charge is 0.296 e. The van der Waals surface area contributed by atoms with E-state index in [1.165, 1.54) is 18.3 Å². The van der Waals surface area contributed by atoms with E-state index in [-0.39, 0.29) is 17.2 Å². The summed E-state index contributed by atoms with van der Waals surface area (Å²) < 4.78 is 30.2. The quantitative estimate of drug-likeness (QED) is 0.474. The maximum Gasteiger partial charge on any atom is 0.253 e. The molecule has 182 valence electrons. The summed E-state index contributed by atoms with van der Waals surface area (Å²) in [5, 5.41) is 0. The van der Waals surface area contributed by atoms with Gasteiger partial charge < -0.3 is 0 Å². The zero-order valence-corrected chi connectivity index (χ0v) is 20.8. The second-order valence-corrected chi connectivity index (χ2v) is 9.10. The van der Waals surface area contributed by atoms with Gasteiger partial charge in [-0.05, 0) is 68.2 Å². The molecule has 4 rings (SSSR count). The Hall–Kier alpha value is -3.45. The number of pyridine rings is 1. The number of nitrogens with zero attached hydrogens (tertiary/aromatic N) is 4. The number of benzene rings is 1. The average molecular weight is 477 g/mol. The molecule has 0 saturated carbocycles. The monoisotopic (exact) mass is 476 g/mol. The molecule has 0 saturated heterocycles. The summed E-state index contributed by atoms with van der Waals surface area (Å²) in [4.78, 5) is 23.5. The molecule has 1 aromatic carbocycles. The summed E-state index contributed by atoms with van der Waals surface area (Å²) in [5.41, 5.74) is 5.37. The second-order valence-electron chi connectivity index (χ2n) is 9.10. The first kappa shape index (κ1) is 24.7. The molecule has 7 heteroatoms. The maximum atomic E-state index is 14.6. The summed E-state index contributed by atoms with van der Waals surface area (Å²) in [6.45, 7) is 9.20. The van der Waals surface area contributed by atoms with Gasteiger partial charge in [0.05, 0.1) is 0 Å². The number of hydrogen-bond donors (Lipinski definition) is 0. The summed E-state index contributed by atoms with van der Waals surface area (Å²) in [6.07, 6.45) is 8.08. The predicted octanol–water partition coefficient (Wildman–Crippen LogP) is 5.23. The van der Waals surface area contributed by atoms with E-state index in [1.54, 1.807) is 30.8 Å². The van der Waals surface area contributed by atoms with Gasteiger partial charge in [0, 0.05) is 67.9 Å². The molecule has 0 radical (unpaired) electrons. The van der Waals surface area contributed by atoms with Crippen LogP contribution >= 0.6 is 0 Å². The number of hydrogen-bond acceptors (Lipinski definition) is 4. The van der Waals surface area contributed by atoms with E-state index in [4.69, 9.17) is 0 Å². The van der Waals surface area contributed by atoms with Crippen LogP contribution in [0.4, 0.5) is 8.78 Å². The van der Waals surface area contributed by atoms with Gasteiger partial charge in [-0.15, -0.1) is 0 Å². The van der Waals surface area contributed by atoms with Gasteiger partial charge in [-0.3, -0.25) is 19.2 Å². The predicted molar refractivity (Wildman–Crippen MR) is 135 cm³/mol. The minimum absolute atomic E-state index is 0.0120. The Morgan fingerprint density at radius 1 is 1.17 bits per heavy atom. The molecule has 1 aliphatic rings. The fourth-order valence-corrected chi connectivity index (χ4v) is 4.71. The van der Waals surface area contributed by atoms with Gasteiger partial charge in [0.25, 0.3) is 5.56 Å². The van der Waals surface area contributed by atoms with Crippen LogP contribution in [0.5, 0.6) is 0 Å². The molecule has 3 aromatic rings. The molecule has 0 fully saturated rings. The number of halogens is 2. The van der Waals surface area contributed by atoms with Crippen molar-refractivity contribution in [1.29, 1.82) is 0 Å². The third-order valence-electron chi connectivity index (χ3n) is 6.75. The summed E-state index contributed by atoms with van der Waals surface area (Å²) in [5.74, 6) is -1.07. The lowest BCUT2D eigenvalue weighted by Crippen LogP contribution is -2.39. The first-order chi connectivity index (χ1) is 16.7. The Bertz CT molecular complexity index is 1390. The lowest BCUT2D eigenvalue weighted by Gasteiger charge is -2.35. The van der Waals surface area contributed by atoms with Gasteiger partial charge in [-0.25, -0.2) is 13.8 Å². The second kappa shape index (κ2) is 10.0. The van der Waals surface area contributed by atoms with E-state index in [0.29, 0.717) is 23.5 Å². The highest BCUT2D eigenvalue weighted by Gasteiger charge is 2.26. The molecular formula is C28H30F2N4O. The van der Waals surface area contributed by atoms with Crippen LogP contribution in [0.15, 0.2) is 59.2 Å². The smallest absolute Gasteiger partial charge is 0.253 e.